The van der Waals surface area contributed by atoms with Crippen molar-refractivity contribution in [3.63, 3.8) is 0 Å². The summed E-state index contributed by atoms with van der Waals surface area (Å²) >= 11 is 2.92. The van der Waals surface area contributed by atoms with Crippen molar-refractivity contribution in [2.75, 3.05) is 16.0 Å². The molecule has 4 nitrogen and oxygen atoms in total. The Labute approximate surface area is 104 Å². The summed E-state index contributed by atoms with van der Waals surface area (Å²) in [4.78, 5) is 0. The van der Waals surface area contributed by atoms with Crippen LogP contribution in [0.1, 0.15) is 12.5 Å². The number of aryl methyl sites for hydroxylation is 1. The first-order valence-corrected chi connectivity index (χ1v) is 7.56. The molecule has 0 bridgehead atoms. The lowest BCUT2D eigenvalue weighted by molar-refractivity contribution is 0.340. The average Bonchev–Trinajstić information content (AvgIpc) is 2.23. The Kier molecular flexibility index (Phi) is 4.61. The molecule has 0 aliphatic rings. The molecule has 1 N–H and O–H groups in total. The monoisotopic (exact) mass is 307 g/mol. The minimum Gasteiger partial charge on any atom is -0.494 e. The summed E-state index contributed by atoms with van der Waals surface area (Å²) in [5, 5.41) is 0. The van der Waals surface area contributed by atoms with Gasteiger partial charge in [0.2, 0.25) is 10.0 Å². The molecule has 90 valence electrons. The zero-order valence-electron chi connectivity index (χ0n) is 9.16. The van der Waals surface area contributed by atoms with Gasteiger partial charge in [-0.25, -0.2) is 8.42 Å². The highest BCUT2D eigenvalue weighted by atomic mass is 79.9. The van der Waals surface area contributed by atoms with Gasteiger partial charge in [-0.1, -0.05) is 15.9 Å². The predicted octanol–water partition coefficient (Wildman–Crippen LogP) is 2.49. The third-order valence-corrected chi connectivity index (χ3v) is 4.54. The predicted molar refractivity (Wildman–Crippen MR) is 68.7 cm³/mol. The fourth-order valence-corrected chi connectivity index (χ4v) is 2.16. The maximum Gasteiger partial charge on any atom is 0.242 e. The molecule has 1 aromatic carbocycles. The molecule has 0 aromatic heterocycles. The number of alkyl halides is 1. The summed E-state index contributed by atoms with van der Waals surface area (Å²) < 4.78 is 30.4. The van der Waals surface area contributed by atoms with Crippen LogP contribution in [-0.2, 0) is 10.0 Å². The minimum atomic E-state index is -3.29. The van der Waals surface area contributed by atoms with E-state index in [1.54, 1.807) is 18.2 Å². The highest BCUT2D eigenvalue weighted by Gasteiger charge is 2.09. The first kappa shape index (κ1) is 13.3. The highest BCUT2D eigenvalue weighted by molar-refractivity contribution is 9.10. The van der Waals surface area contributed by atoms with E-state index in [2.05, 4.69) is 20.7 Å². The molecule has 0 unspecified atom stereocenters. The number of hydrogen-bond acceptors (Lipinski definition) is 3. The molecular formula is C10H14BrNO3S. The van der Waals surface area contributed by atoms with Gasteiger partial charge in [0.15, 0.2) is 0 Å². The summed E-state index contributed by atoms with van der Waals surface area (Å²) in [6, 6.07) is 5.23. The molecule has 1 rings (SSSR count). The Hall–Kier alpha value is -0.750. The smallest absolute Gasteiger partial charge is 0.242 e. The highest BCUT2D eigenvalue weighted by Crippen LogP contribution is 2.22. The number of sulfonamides is 1. The largest absolute Gasteiger partial charge is 0.494 e. The van der Waals surface area contributed by atoms with Crippen LogP contribution in [0.15, 0.2) is 18.2 Å². The van der Waals surface area contributed by atoms with Crippen molar-refractivity contribution in [1.82, 2.24) is 0 Å². The van der Waals surface area contributed by atoms with Gasteiger partial charge in [0.05, 0.1) is 12.3 Å². The van der Waals surface area contributed by atoms with Crippen molar-refractivity contribution in [2.45, 2.75) is 13.8 Å². The van der Waals surface area contributed by atoms with Crippen LogP contribution in [-0.4, -0.2) is 19.7 Å². The molecule has 0 heterocycles. The van der Waals surface area contributed by atoms with Crippen molar-refractivity contribution in [3.05, 3.63) is 23.8 Å². The maximum atomic E-state index is 11.3. The van der Waals surface area contributed by atoms with Gasteiger partial charge in [0, 0.05) is 0 Å². The fourth-order valence-electron chi connectivity index (χ4n) is 1.20. The second-order valence-corrected chi connectivity index (χ2v) is 6.26. The number of ether oxygens (including phenoxy) is 1. The van der Waals surface area contributed by atoms with Crippen molar-refractivity contribution < 1.29 is 13.2 Å². The van der Waals surface area contributed by atoms with Gasteiger partial charge in [0.25, 0.3) is 0 Å². The number of halogens is 1. The van der Waals surface area contributed by atoms with Crippen molar-refractivity contribution >= 4 is 31.6 Å². The van der Waals surface area contributed by atoms with E-state index in [1.165, 1.54) is 0 Å². The molecule has 0 radical (unpaired) electrons. The van der Waals surface area contributed by atoms with E-state index in [-0.39, 0.29) is 4.66 Å². The van der Waals surface area contributed by atoms with Crippen LogP contribution in [0.5, 0.6) is 5.75 Å². The summed E-state index contributed by atoms with van der Waals surface area (Å²) in [5.41, 5.74) is 1.40. The van der Waals surface area contributed by atoms with Gasteiger partial charge in [-0.3, -0.25) is 4.72 Å². The van der Waals surface area contributed by atoms with Crippen molar-refractivity contribution in [1.29, 1.82) is 0 Å². The van der Waals surface area contributed by atoms with Crippen LogP contribution >= 0.6 is 15.9 Å². The lowest BCUT2D eigenvalue weighted by atomic mass is 10.2. The molecule has 0 spiro atoms. The zero-order chi connectivity index (χ0) is 12.2. The Bertz CT molecular complexity index is 459. The first-order chi connectivity index (χ1) is 7.48. The zero-order valence-corrected chi connectivity index (χ0v) is 11.6. The van der Waals surface area contributed by atoms with Crippen LogP contribution in [0, 0.1) is 6.92 Å². The van der Waals surface area contributed by atoms with Crippen LogP contribution < -0.4 is 9.46 Å². The second-order valence-electron chi connectivity index (χ2n) is 3.24. The number of benzene rings is 1. The Balaban J connectivity index is 2.91. The molecule has 0 aliphatic carbocycles. The van der Waals surface area contributed by atoms with Gasteiger partial charge in [-0.2, -0.15) is 0 Å². The summed E-state index contributed by atoms with van der Waals surface area (Å²) in [6.45, 7) is 4.32. The average molecular weight is 308 g/mol. The quantitative estimate of drug-likeness (QED) is 0.850. The van der Waals surface area contributed by atoms with E-state index in [4.69, 9.17) is 4.74 Å². The molecule has 0 saturated carbocycles. The summed E-state index contributed by atoms with van der Waals surface area (Å²) in [6.07, 6.45) is 0. The van der Waals surface area contributed by atoms with E-state index in [0.717, 1.165) is 11.3 Å². The SMILES string of the molecule is CCOc1ccc(NS(=O)(=O)CBr)c(C)c1. The maximum absolute atomic E-state index is 11.3. The summed E-state index contributed by atoms with van der Waals surface area (Å²) in [7, 11) is -3.29. The molecule has 0 amide bonds. The van der Waals surface area contributed by atoms with E-state index < -0.39 is 10.0 Å². The van der Waals surface area contributed by atoms with E-state index in [9.17, 15) is 8.42 Å². The molecule has 0 fully saturated rings. The first-order valence-electron chi connectivity index (χ1n) is 4.78. The van der Waals surface area contributed by atoms with Crippen LogP contribution in [0.4, 0.5) is 5.69 Å². The fraction of sp³-hybridized carbons (Fsp3) is 0.400. The number of hydrogen-bond donors (Lipinski definition) is 1. The van der Waals surface area contributed by atoms with Crippen LogP contribution in [0.2, 0.25) is 0 Å². The molecule has 1 aromatic rings. The van der Waals surface area contributed by atoms with Crippen LogP contribution in [0.25, 0.3) is 0 Å². The molecule has 6 heteroatoms. The van der Waals surface area contributed by atoms with Crippen molar-refractivity contribution in [2.24, 2.45) is 0 Å². The van der Waals surface area contributed by atoms with Gasteiger partial charge < -0.3 is 4.74 Å². The topological polar surface area (TPSA) is 55.4 Å². The van der Waals surface area contributed by atoms with E-state index in [1.807, 2.05) is 13.8 Å². The lowest BCUT2D eigenvalue weighted by Gasteiger charge is -2.10. The normalized spacial score (nSPS) is 11.2. The molecule has 0 aliphatic heterocycles. The molecular weight excluding hydrogens is 294 g/mol. The Morgan fingerprint density at radius 2 is 2.12 bits per heavy atom. The van der Waals surface area contributed by atoms with E-state index >= 15 is 0 Å². The van der Waals surface area contributed by atoms with Gasteiger partial charge in [-0.05, 0) is 37.6 Å². The van der Waals surface area contributed by atoms with Gasteiger partial charge in [-0.15, -0.1) is 0 Å². The molecule has 0 atom stereocenters. The lowest BCUT2D eigenvalue weighted by Crippen LogP contribution is -2.14. The third-order valence-electron chi connectivity index (χ3n) is 1.92. The Morgan fingerprint density at radius 3 is 2.62 bits per heavy atom. The van der Waals surface area contributed by atoms with E-state index in [0.29, 0.717) is 12.3 Å². The van der Waals surface area contributed by atoms with Crippen molar-refractivity contribution in [3.8, 4) is 5.75 Å². The second kappa shape index (κ2) is 5.54. The number of anilines is 1. The van der Waals surface area contributed by atoms with Crippen LogP contribution in [0.3, 0.4) is 0 Å². The third kappa shape index (κ3) is 3.68. The molecule has 16 heavy (non-hydrogen) atoms. The minimum absolute atomic E-state index is 0.118. The summed E-state index contributed by atoms with van der Waals surface area (Å²) in [5.74, 6) is 0.738. The van der Waals surface area contributed by atoms with Gasteiger partial charge in [0.1, 0.15) is 10.4 Å². The number of nitrogens with one attached hydrogen (secondary N) is 1. The number of rotatable bonds is 5. The molecule has 0 saturated heterocycles. The Morgan fingerprint density at radius 1 is 1.44 bits per heavy atom. The van der Waals surface area contributed by atoms with Gasteiger partial charge >= 0.3 is 0 Å². The standard InChI is InChI=1S/C10H14BrNO3S/c1-3-15-9-4-5-10(8(2)6-9)12-16(13,14)7-11/h4-6,12H,3,7H2,1-2H3.